The van der Waals surface area contributed by atoms with Crippen molar-refractivity contribution in [1.82, 2.24) is 5.32 Å². The smallest absolute Gasteiger partial charge is 0.151 e. The zero-order valence-electron chi connectivity index (χ0n) is 15.3. The molecule has 0 radical (unpaired) electrons. The Hall–Kier alpha value is -1.70. The van der Waals surface area contributed by atoms with E-state index in [9.17, 15) is 10.1 Å². The lowest BCUT2D eigenvalue weighted by Gasteiger charge is -2.23. The van der Waals surface area contributed by atoms with Gasteiger partial charge in [-0.05, 0) is 61.5 Å². The number of benzene rings is 1. The normalized spacial score (nSPS) is 29.4. The molecule has 0 aromatic heterocycles. The second-order valence-electron chi connectivity index (χ2n) is 8.24. The first kappa shape index (κ1) is 17.7. The van der Waals surface area contributed by atoms with E-state index in [1.54, 1.807) is 0 Å². The third-order valence-corrected chi connectivity index (χ3v) is 6.49. The van der Waals surface area contributed by atoms with E-state index in [1.165, 1.54) is 18.4 Å². The molecule has 0 spiro atoms. The van der Waals surface area contributed by atoms with Gasteiger partial charge in [-0.1, -0.05) is 24.3 Å². The zero-order valence-corrected chi connectivity index (χ0v) is 15.3. The molecule has 0 amide bonds. The average Bonchev–Trinajstić information content (AvgIpc) is 3.32. The van der Waals surface area contributed by atoms with E-state index >= 15 is 0 Å². The number of carbonyl (C=O) groups excluding carboxylic acids is 1. The molecule has 1 saturated carbocycles. The fourth-order valence-corrected chi connectivity index (χ4v) is 4.99. The topological polar surface area (TPSA) is 62.1 Å². The SMILES string of the molecule is N#C[C@@H](CC(=O)[C@H]1N[C@@H]2CC[C@H]1C2)Cc1ccc(C2CCOCC2)cc1. The van der Waals surface area contributed by atoms with E-state index in [0.717, 1.165) is 38.0 Å². The van der Waals surface area contributed by atoms with Gasteiger partial charge in [-0.2, -0.15) is 5.26 Å². The molecule has 1 aromatic rings. The molecule has 2 heterocycles. The highest BCUT2D eigenvalue weighted by Gasteiger charge is 2.42. The van der Waals surface area contributed by atoms with Gasteiger partial charge in [-0.3, -0.25) is 4.79 Å². The van der Waals surface area contributed by atoms with Crippen molar-refractivity contribution in [2.75, 3.05) is 13.2 Å². The molecule has 3 aliphatic rings. The predicted molar refractivity (Wildman–Crippen MR) is 99.7 cm³/mol. The molecular formula is C22H28N2O2. The van der Waals surface area contributed by atoms with Crippen molar-refractivity contribution < 1.29 is 9.53 Å². The van der Waals surface area contributed by atoms with E-state index in [0.29, 0.717) is 30.7 Å². The first-order chi connectivity index (χ1) is 12.7. The quantitative estimate of drug-likeness (QED) is 0.853. The van der Waals surface area contributed by atoms with Crippen LogP contribution in [-0.4, -0.2) is 31.1 Å². The predicted octanol–water partition coefficient (Wildman–Crippen LogP) is 3.36. The molecule has 0 unspecified atom stereocenters. The highest BCUT2D eigenvalue weighted by atomic mass is 16.5. The molecule has 4 rings (SSSR count). The summed E-state index contributed by atoms with van der Waals surface area (Å²) >= 11 is 0. The van der Waals surface area contributed by atoms with Gasteiger partial charge in [0, 0.05) is 25.7 Å². The summed E-state index contributed by atoms with van der Waals surface area (Å²) < 4.78 is 5.44. The second-order valence-corrected chi connectivity index (χ2v) is 8.24. The summed E-state index contributed by atoms with van der Waals surface area (Å²) in [5.41, 5.74) is 2.52. The maximum absolute atomic E-state index is 12.6. The van der Waals surface area contributed by atoms with Crippen molar-refractivity contribution in [3.63, 3.8) is 0 Å². The van der Waals surface area contributed by atoms with Crippen LogP contribution in [0.3, 0.4) is 0 Å². The number of Topliss-reactive ketones (excluding diaryl/α,β-unsaturated/α-hetero) is 1. The van der Waals surface area contributed by atoms with Crippen LogP contribution >= 0.6 is 0 Å². The summed E-state index contributed by atoms with van der Waals surface area (Å²) in [6.07, 6.45) is 6.72. The molecule has 138 valence electrons. The minimum atomic E-state index is -0.225. The number of ketones is 1. The van der Waals surface area contributed by atoms with Crippen LogP contribution in [0.15, 0.2) is 24.3 Å². The van der Waals surface area contributed by atoms with Gasteiger partial charge in [0.15, 0.2) is 5.78 Å². The standard InChI is InChI=1S/C22H28N2O2/c23-14-16(12-21(25)22-19-5-6-20(13-19)24-22)11-15-1-3-17(4-2-15)18-7-9-26-10-8-18/h1-4,16,18-20,22,24H,5-13H2/t16-,19+,20-,22+/m1/s1. The average molecular weight is 352 g/mol. The Morgan fingerprint density at radius 1 is 1.19 bits per heavy atom. The molecule has 26 heavy (non-hydrogen) atoms. The first-order valence-electron chi connectivity index (χ1n) is 10.1. The highest BCUT2D eigenvalue weighted by Crippen LogP contribution is 2.36. The van der Waals surface area contributed by atoms with Crippen LogP contribution in [0.1, 0.15) is 55.6 Å². The molecule has 1 aliphatic carbocycles. The number of hydrogen-bond donors (Lipinski definition) is 1. The van der Waals surface area contributed by atoms with Crippen LogP contribution in [0.25, 0.3) is 0 Å². The Balaban J connectivity index is 1.33. The molecule has 3 fully saturated rings. The molecule has 1 aromatic carbocycles. The summed E-state index contributed by atoms with van der Waals surface area (Å²) in [4.78, 5) is 12.6. The van der Waals surface area contributed by atoms with E-state index < -0.39 is 0 Å². The molecule has 4 heteroatoms. The second kappa shape index (κ2) is 7.90. The Morgan fingerprint density at radius 3 is 2.58 bits per heavy atom. The fourth-order valence-electron chi connectivity index (χ4n) is 4.99. The lowest BCUT2D eigenvalue weighted by atomic mass is 9.87. The molecule has 4 atom stereocenters. The van der Waals surface area contributed by atoms with Crippen LogP contribution in [0.4, 0.5) is 0 Å². The van der Waals surface area contributed by atoms with Gasteiger partial charge in [-0.15, -0.1) is 0 Å². The van der Waals surface area contributed by atoms with Gasteiger partial charge in [0.1, 0.15) is 0 Å². The van der Waals surface area contributed by atoms with Crippen molar-refractivity contribution in [2.45, 2.75) is 62.9 Å². The third kappa shape index (κ3) is 3.84. The van der Waals surface area contributed by atoms with Gasteiger partial charge in [0.25, 0.3) is 0 Å². The largest absolute Gasteiger partial charge is 0.381 e. The van der Waals surface area contributed by atoms with E-state index in [1.807, 2.05) is 0 Å². The molecule has 2 bridgehead atoms. The van der Waals surface area contributed by atoms with Crippen molar-refractivity contribution in [1.29, 1.82) is 5.26 Å². The number of nitrogens with zero attached hydrogens (tertiary/aromatic N) is 1. The number of rotatable bonds is 6. The Morgan fingerprint density at radius 2 is 1.96 bits per heavy atom. The van der Waals surface area contributed by atoms with Gasteiger partial charge < -0.3 is 10.1 Å². The summed E-state index contributed by atoms with van der Waals surface area (Å²) in [6, 6.07) is 11.6. The number of fused-ring (bicyclic) bond motifs is 2. The molecule has 4 nitrogen and oxygen atoms in total. The Labute approximate surface area is 155 Å². The van der Waals surface area contributed by atoms with Crippen molar-refractivity contribution in [3.05, 3.63) is 35.4 Å². The lowest BCUT2D eigenvalue weighted by Crippen LogP contribution is -2.42. The summed E-state index contributed by atoms with van der Waals surface area (Å²) in [6.45, 7) is 1.70. The number of nitriles is 1. The van der Waals surface area contributed by atoms with Crippen LogP contribution in [0, 0.1) is 23.2 Å². The number of piperidine rings is 1. The van der Waals surface area contributed by atoms with Crippen molar-refractivity contribution in [3.8, 4) is 6.07 Å². The Bertz CT molecular complexity index is 672. The molecule has 1 N–H and O–H groups in total. The van der Waals surface area contributed by atoms with E-state index in [2.05, 4.69) is 35.7 Å². The van der Waals surface area contributed by atoms with E-state index in [4.69, 9.17) is 4.74 Å². The fraction of sp³-hybridized carbons (Fsp3) is 0.636. The maximum Gasteiger partial charge on any atom is 0.151 e. The van der Waals surface area contributed by atoms with Gasteiger partial charge in [0.05, 0.1) is 18.0 Å². The number of nitrogens with one attached hydrogen (secondary N) is 1. The lowest BCUT2D eigenvalue weighted by molar-refractivity contribution is -0.122. The molecule has 2 aliphatic heterocycles. The third-order valence-electron chi connectivity index (χ3n) is 6.49. The summed E-state index contributed by atoms with van der Waals surface area (Å²) in [5, 5.41) is 13.0. The zero-order chi connectivity index (χ0) is 17.9. The van der Waals surface area contributed by atoms with Crippen LogP contribution in [-0.2, 0) is 16.0 Å². The minimum Gasteiger partial charge on any atom is -0.381 e. The number of ether oxygens (including phenoxy) is 1. The van der Waals surface area contributed by atoms with Crippen LogP contribution in [0.2, 0.25) is 0 Å². The number of carbonyl (C=O) groups is 1. The highest BCUT2D eigenvalue weighted by molar-refractivity contribution is 5.85. The maximum atomic E-state index is 12.6. The minimum absolute atomic E-state index is 0.000460. The van der Waals surface area contributed by atoms with Crippen molar-refractivity contribution in [2.24, 2.45) is 11.8 Å². The first-order valence-corrected chi connectivity index (χ1v) is 10.1. The summed E-state index contributed by atoms with van der Waals surface area (Å²) in [7, 11) is 0. The Kier molecular flexibility index (Phi) is 5.38. The monoisotopic (exact) mass is 352 g/mol. The van der Waals surface area contributed by atoms with Gasteiger partial charge in [-0.25, -0.2) is 0 Å². The molecular weight excluding hydrogens is 324 g/mol. The van der Waals surface area contributed by atoms with Crippen LogP contribution < -0.4 is 5.32 Å². The summed E-state index contributed by atoms with van der Waals surface area (Å²) in [5.74, 6) is 1.11. The van der Waals surface area contributed by atoms with Gasteiger partial charge >= 0.3 is 0 Å². The number of hydrogen-bond acceptors (Lipinski definition) is 4. The van der Waals surface area contributed by atoms with Crippen LogP contribution in [0.5, 0.6) is 0 Å². The van der Waals surface area contributed by atoms with E-state index in [-0.39, 0.29) is 17.7 Å². The van der Waals surface area contributed by atoms with Gasteiger partial charge in [0.2, 0.25) is 0 Å². The molecule has 2 saturated heterocycles. The van der Waals surface area contributed by atoms with Crippen molar-refractivity contribution >= 4 is 5.78 Å².